The third-order valence-corrected chi connectivity index (χ3v) is 2.91. The topological polar surface area (TPSA) is 75.4 Å². The van der Waals surface area contributed by atoms with Crippen molar-refractivity contribution >= 4 is 21.2 Å². The number of hydrogen-bond donors (Lipinski definition) is 2. The van der Waals surface area contributed by atoms with E-state index in [1.807, 2.05) is 14.1 Å². The molecule has 0 aliphatic heterocycles. The fourth-order valence-corrected chi connectivity index (χ4v) is 1.77. The van der Waals surface area contributed by atoms with Gasteiger partial charge in [0.15, 0.2) is 9.84 Å². The van der Waals surface area contributed by atoms with Crippen molar-refractivity contribution in [1.29, 1.82) is 0 Å². The molecule has 0 fully saturated rings. The molecule has 1 aromatic carbocycles. The van der Waals surface area contributed by atoms with E-state index in [-0.39, 0.29) is 4.90 Å². The van der Waals surface area contributed by atoms with Crippen molar-refractivity contribution in [2.45, 2.75) is 4.90 Å². The molecular formula is C9H15N3O2S. The van der Waals surface area contributed by atoms with Crippen LogP contribution in [-0.2, 0) is 9.84 Å². The maximum Gasteiger partial charge on any atom is 0.175 e. The lowest BCUT2D eigenvalue weighted by atomic mass is 10.3. The van der Waals surface area contributed by atoms with Crippen molar-refractivity contribution in [2.75, 3.05) is 31.5 Å². The van der Waals surface area contributed by atoms with E-state index in [0.29, 0.717) is 11.4 Å². The summed E-state index contributed by atoms with van der Waals surface area (Å²) in [5.41, 5.74) is 9.77. The predicted octanol–water partition coefficient (Wildman–Crippen LogP) is 0.561. The minimum atomic E-state index is -3.19. The molecule has 0 aliphatic rings. The Hall–Kier alpha value is -1.27. The van der Waals surface area contributed by atoms with Gasteiger partial charge in [-0.15, -0.1) is 0 Å². The van der Waals surface area contributed by atoms with Crippen molar-refractivity contribution in [1.82, 2.24) is 5.01 Å². The van der Waals surface area contributed by atoms with Crippen LogP contribution >= 0.6 is 0 Å². The Kier molecular flexibility index (Phi) is 3.21. The molecule has 0 amide bonds. The monoisotopic (exact) mass is 229 g/mol. The van der Waals surface area contributed by atoms with Crippen LogP contribution in [0.3, 0.4) is 0 Å². The van der Waals surface area contributed by atoms with Gasteiger partial charge in [0.05, 0.1) is 16.3 Å². The third kappa shape index (κ3) is 3.10. The van der Waals surface area contributed by atoms with E-state index in [1.54, 1.807) is 11.1 Å². The number of nitrogens with zero attached hydrogens (tertiary/aromatic N) is 1. The van der Waals surface area contributed by atoms with Gasteiger partial charge in [-0.05, 0) is 18.2 Å². The zero-order chi connectivity index (χ0) is 11.6. The molecular weight excluding hydrogens is 214 g/mol. The molecule has 0 aliphatic carbocycles. The average molecular weight is 229 g/mol. The molecule has 84 valence electrons. The molecule has 0 spiro atoms. The quantitative estimate of drug-likeness (QED) is 0.585. The maximum absolute atomic E-state index is 11.2. The zero-order valence-electron chi connectivity index (χ0n) is 8.98. The molecule has 0 unspecified atom stereocenters. The van der Waals surface area contributed by atoms with Crippen LogP contribution in [-0.4, -0.2) is 33.8 Å². The average Bonchev–Trinajstić information content (AvgIpc) is 2.05. The smallest absolute Gasteiger partial charge is 0.175 e. The predicted molar refractivity (Wildman–Crippen MR) is 61.3 cm³/mol. The summed E-state index contributed by atoms with van der Waals surface area (Å²) in [6.07, 6.45) is 1.15. The van der Waals surface area contributed by atoms with Crippen molar-refractivity contribution in [3.8, 4) is 0 Å². The van der Waals surface area contributed by atoms with Gasteiger partial charge in [0.1, 0.15) is 0 Å². The molecule has 0 saturated heterocycles. The van der Waals surface area contributed by atoms with Crippen LogP contribution in [0, 0.1) is 0 Å². The van der Waals surface area contributed by atoms with Crippen LogP contribution in [0.1, 0.15) is 0 Å². The number of nitrogens with two attached hydrogens (primary N) is 1. The summed E-state index contributed by atoms with van der Waals surface area (Å²) in [5.74, 6) is 0. The first-order valence-electron chi connectivity index (χ1n) is 4.34. The van der Waals surface area contributed by atoms with E-state index in [0.717, 1.165) is 6.26 Å². The van der Waals surface area contributed by atoms with Gasteiger partial charge >= 0.3 is 0 Å². The van der Waals surface area contributed by atoms with Gasteiger partial charge in [-0.1, -0.05) is 0 Å². The van der Waals surface area contributed by atoms with Crippen LogP contribution in [0.4, 0.5) is 11.4 Å². The van der Waals surface area contributed by atoms with Crippen LogP contribution in [0.25, 0.3) is 0 Å². The second kappa shape index (κ2) is 4.08. The summed E-state index contributed by atoms with van der Waals surface area (Å²) in [4.78, 5) is 0.226. The molecule has 3 N–H and O–H groups in total. The second-order valence-corrected chi connectivity index (χ2v) is 5.54. The molecule has 0 saturated carbocycles. The number of rotatable bonds is 3. The number of hydrazine groups is 1. The van der Waals surface area contributed by atoms with Crippen molar-refractivity contribution in [2.24, 2.45) is 0 Å². The first-order chi connectivity index (χ1) is 6.80. The summed E-state index contributed by atoms with van der Waals surface area (Å²) in [5, 5.41) is 1.73. The van der Waals surface area contributed by atoms with Crippen molar-refractivity contribution in [3.63, 3.8) is 0 Å². The highest BCUT2D eigenvalue weighted by Crippen LogP contribution is 2.22. The van der Waals surface area contributed by atoms with E-state index in [1.165, 1.54) is 12.1 Å². The highest BCUT2D eigenvalue weighted by molar-refractivity contribution is 7.90. The highest BCUT2D eigenvalue weighted by Gasteiger charge is 2.09. The van der Waals surface area contributed by atoms with Crippen molar-refractivity contribution in [3.05, 3.63) is 18.2 Å². The third-order valence-electron chi connectivity index (χ3n) is 1.80. The van der Waals surface area contributed by atoms with Gasteiger partial charge in [0, 0.05) is 20.4 Å². The Labute approximate surface area is 89.8 Å². The summed E-state index contributed by atoms with van der Waals surface area (Å²) in [6, 6.07) is 4.62. The van der Waals surface area contributed by atoms with Gasteiger partial charge in [0.2, 0.25) is 0 Å². The van der Waals surface area contributed by atoms with Crippen LogP contribution in [0.5, 0.6) is 0 Å². The molecule has 0 aromatic heterocycles. The first-order valence-corrected chi connectivity index (χ1v) is 6.23. The van der Waals surface area contributed by atoms with E-state index >= 15 is 0 Å². The summed E-state index contributed by atoms with van der Waals surface area (Å²) in [6.45, 7) is 0. The fourth-order valence-electron chi connectivity index (χ4n) is 1.11. The summed E-state index contributed by atoms with van der Waals surface area (Å²) in [7, 11) is 0.455. The fraction of sp³-hybridized carbons (Fsp3) is 0.333. The van der Waals surface area contributed by atoms with Crippen LogP contribution in [0.15, 0.2) is 23.1 Å². The molecule has 15 heavy (non-hydrogen) atoms. The number of sulfone groups is 1. The minimum absolute atomic E-state index is 0.226. The van der Waals surface area contributed by atoms with Gasteiger partial charge in [0.25, 0.3) is 0 Å². The Bertz CT molecular complexity index is 454. The minimum Gasteiger partial charge on any atom is -0.397 e. The molecule has 5 nitrogen and oxygen atoms in total. The highest BCUT2D eigenvalue weighted by atomic mass is 32.2. The molecule has 0 radical (unpaired) electrons. The Balaban J connectivity index is 3.09. The standard InChI is InChI=1S/C9H15N3O2S/c1-12(2)11-9-5-4-7(6-8(9)10)15(3,13)14/h4-6,11H,10H2,1-3H3. The Morgan fingerprint density at radius 3 is 2.33 bits per heavy atom. The molecule has 0 heterocycles. The van der Waals surface area contributed by atoms with Crippen molar-refractivity contribution < 1.29 is 8.42 Å². The lowest BCUT2D eigenvalue weighted by molar-refractivity contribution is 0.495. The second-order valence-electron chi connectivity index (χ2n) is 3.53. The SMILES string of the molecule is CN(C)Nc1ccc(S(C)(=O)=O)cc1N. The lowest BCUT2D eigenvalue weighted by Crippen LogP contribution is -2.20. The van der Waals surface area contributed by atoms with Gasteiger partial charge < -0.3 is 11.2 Å². The van der Waals surface area contributed by atoms with Gasteiger partial charge in [-0.3, -0.25) is 0 Å². The van der Waals surface area contributed by atoms with Crippen LogP contribution < -0.4 is 11.2 Å². The molecule has 6 heteroatoms. The Morgan fingerprint density at radius 1 is 1.33 bits per heavy atom. The first kappa shape index (κ1) is 11.8. The summed E-state index contributed by atoms with van der Waals surface area (Å²) >= 11 is 0. The van der Waals surface area contributed by atoms with Gasteiger partial charge in [-0.25, -0.2) is 13.4 Å². The maximum atomic E-state index is 11.2. The number of nitrogens with one attached hydrogen (secondary N) is 1. The molecule has 1 aromatic rings. The van der Waals surface area contributed by atoms with E-state index in [2.05, 4.69) is 5.43 Å². The largest absolute Gasteiger partial charge is 0.397 e. The lowest BCUT2D eigenvalue weighted by Gasteiger charge is -2.15. The van der Waals surface area contributed by atoms with Crippen LogP contribution in [0.2, 0.25) is 0 Å². The molecule has 0 bridgehead atoms. The Morgan fingerprint density at radius 2 is 1.93 bits per heavy atom. The molecule has 0 atom stereocenters. The van der Waals surface area contributed by atoms with E-state index in [9.17, 15) is 8.42 Å². The molecule has 1 rings (SSSR count). The number of nitrogen functional groups attached to an aromatic ring is 1. The van der Waals surface area contributed by atoms with E-state index in [4.69, 9.17) is 5.73 Å². The summed E-state index contributed by atoms with van der Waals surface area (Å²) < 4.78 is 22.5. The zero-order valence-corrected chi connectivity index (χ0v) is 9.80. The number of benzene rings is 1. The normalized spacial score (nSPS) is 11.7. The van der Waals surface area contributed by atoms with Gasteiger partial charge in [-0.2, -0.15) is 0 Å². The van der Waals surface area contributed by atoms with E-state index < -0.39 is 9.84 Å². The number of anilines is 2. The number of hydrogen-bond acceptors (Lipinski definition) is 5.